The number of likely N-dealkylation sites (tertiary alicyclic amines) is 1. The van der Waals surface area contributed by atoms with E-state index in [2.05, 4.69) is 4.90 Å². The average molecular weight is 273 g/mol. The summed E-state index contributed by atoms with van der Waals surface area (Å²) in [5.41, 5.74) is 0.910. The molecule has 1 aliphatic heterocycles. The number of amides is 1. The van der Waals surface area contributed by atoms with Gasteiger partial charge in [-0.3, -0.25) is 4.79 Å². The number of rotatable bonds is 2. The SMILES string of the molecule is O=C(Cc1cccc(O)c1)N1CCC[C@H]2CCCC[C@H]21. The molecule has 1 saturated carbocycles. The van der Waals surface area contributed by atoms with Crippen molar-refractivity contribution in [3.05, 3.63) is 29.8 Å². The largest absolute Gasteiger partial charge is 0.508 e. The topological polar surface area (TPSA) is 40.5 Å². The van der Waals surface area contributed by atoms with Crippen LogP contribution in [0, 0.1) is 5.92 Å². The summed E-state index contributed by atoms with van der Waals surface area (Å²) in [6.07, 6.45) is 7.91. The quantitative estimate of drug-likeness (QED) is 0.899. The lowest BCUT2D eigenvalue weighted by atomic mass is 9.78. The Labute approximate surface area is 120 Å². The van der Waals surface area contributed by atoms with Crippen molar-refractivity contribution in [3.8, 4) is 5.75 Å². The third-order valence-corrected chi connectivity index (χ3v) is 4.83. The maximum absolute atomic E-state index is 12.6. The van der Waals surface area contributed by atoms with Crippen molar-refractivity contribution >= 4 is 5.91 Å². The molecule has 1 aliphatic carbocycles. The Morgan fingerprint density at radius 3 is 2.85 bits per heavy atom. The summed E-state index contributed by atoms with van der Waals surface area (Å²) in [5, 5.41) is 9.50. The first-order chi connectivity index (χ1) is 9.74. The van der Waals surface area contributed by atoms with Gasteiger partial charge in [-0.1, -0.05) is 25.0 Å². The molecule has 3 heteroatoms. The highest BCUT2D eigenvalue weighted by Crippen LogP contribution is 2.35. The van der Waals surface area contributed by atoms with Crippen molar-refractivity contribution in [2.24, 2.45) is 5.92 Å². The molecule has 0 aromatic heterocycles. The highest BCUT2D eigenvalue weighted by Gasteiger charge is 2.35. The highest BCUT2D eigenvalue weighted by molar-refractivity contribution is 5.79. The second-order valence-electron chi connectivity index (χ2n) is 6.19. The van der Waals surface area contributed by atoms with Gasteiger partial charge in [0.15, 0.2) is 0 Å². The number of nitrogens with zero attached hydrogens (tertiary/aromatic N) is 1. The molecule has 0 spiro atoms. The molecule has 20 heavy (non-hydrogen) atoms. The molecule has 3 nitrogen and oxygen atoms in total. The molecule has 1 saturated heterocycles. The van der Waals surface area contributed by atoms with E-state index in [1.165, 1.54) is 32.1 Å². The number of benzene rings is 1. The number of carbonyl (C=O) groups excluding carboxylic acids is 1. The minimum atomic E-state index is 0.229. The Hall–Kier alpha value is -1.51. The van der Waals surface area contributed by atoms with Crippen molar-refractivity contribution in [1.29, 1.82) is 0 Å². The smallest absolute Gasteiger partial charge is 0.227 e. The van der Waals surface area contributed by atoms with Crippen LogP contribution in [0.25, 0.3) is 0 Å². The number of carbonyl (C=O) groups is 1. The van der Waals surface area contributed by atoms with Crippen LogP contribution in [-0.4, -0.2) is 28.5 Å². The van der Waals surface area contributed by atoms with Gasteiger partial charge in [0.25, 0.3) is 0 Å². The summed E-state index contributed by atoms with van der Waals surface area (Å²) < 4.78 is 0. The zero-order valence-corrected chi connectivity index (χ0v) is 11.9. The molecule has 1 aromatic rings. The predicted molar refractivity (Wildman–Crippen MR) is 78.5 cm³/mol. The molecule has 1 heterocycles. The van der Waals surface area contributed by atoms with Gasteiger partial charge in [-0.15, -0.1) is 0 Å². The van der Waals surface area contributed by atoms with Crippen molar-refractivity contribution < 1.29 is 9.90 Å². The Morgan fingerprint density at radius 2 is 2.00 bits per heavy atom. The monoisotopic (exact) mass is 273 g/mol. The fraction of sp³-hybridized carbons (Fsp3) is 0.588. The van der Waals surface area contributed by atoms with Crippen LogP contribution >= 0.6 is 0 Å². The first-order valence-corrected chi connectivity index (χ1v) is 7.81. The maximum Gasteiger partial charge on any atom is 0.227 e. The van der Waals surface area contributed by atoms with Gasteiger partial charge >= 0.3 is 0 Å². The number of hydrogen-bond acceptors (Lipinski definition) is 2. The molecule has 0 bridgehead atoms. The van der Waals surface area contributed by atoms with E-state index in [1.807, 2.05) is 6.07 Å². The summed E-state index contributed by atoms with van der Waals surface area (Å²) in [7, 11) is 0. The number of aromatic hydroxyl groups is 1. The molecule has 0 radical (unpaired) electrons. The molecule has 108 valence electrons. The van der Waals surface area contributed by atoms with E-state index < -0.39 is 0 Å². The second kappa shape index (κ2) is 5.86. The van der Waals surface area contributed by atoms with Gasteiger partial charge in [0.2, 0.25) is 5.91 Å². The van der Waals surface area contributed by atoms with E-state index in [1.54, 1.807) is 18.2 Å². The number of hydrogen-bond donors (Lipinski definition) is 1. The molecular formula is C17H23NO2. The predicted octanol–water partition coefficient (Wildman–Crippen LogP) is 3.12. The molecule has 1 aromatic carbocycles. The standard InChI is InChI=1S/C17H23NO2/c19-15-8-3-5-13(11-15)12-17(20)18-10-4-7-14-6-1-2-9-16(14)18/h3,5,8,11,14,16,19H,1-2,4,6-7,9-10,12H2/t14-,16-/m1/s1. The summed E-state index contributed by atoms with van der Waals surface area (Å²) in [6, 6.07) is 7.53. The zero-order valence-electron chi connectivity index (χ0n) is 11.9. The zero-order chi connectivity index (χ0) is 13.9. The summed E-state index contributed by atoms with van der Waals surface area (Å²) >= 11 is 0. The van der Waals surface area contributed by atoms with Gasteiger partial charge in [-0.25, -0.2) is 0 Å². The number of phenols is 1. The van der Waals surface area contributed by atoms with Crippen molar-refractivity contribution in [3.63, 3.8) is 0 Å². The molecule has 1 N–H and O–H groups in total. The van der Waals surface area contributed by atoms with Crippen LogP contribution in [0.3, 0.4) is 0 Å². The average Bonchev–Trinajstić information content (AvgIpc) is 2.46. The molecule has 1 amide bonds. The molecule has 2 atom stereocenters. The van der Waals surface area contributed by atoms with Gasteiger partial charge in [0, 0.05) is 12.6 Å². The van der Waals surface area contributed by atoms with E-state index >= 15 is 0 Å². The molecular weight excluding hydrogens is 250 g/mol. The summed E-state index contributed by atoms with van der Waals surface area (Å²) in [6.45, 7) is 0.915. The number of piperidine rings is 1. The van der Waals surface area contributed by atoms with E-state index in [0.29, 0.717) is 12.5 Å². The van der Waals surface area contributed by atoms with E-state index in [9.17, 15) is 9.90 Å². The van der Waals surface area contributed by atoms with Crippen LogP contribution in [0.1, 0.15) is 44.1 Å². The fourth-order valence-electron chi connectivity index (χ4n) is 3.88. The van der Waals surface area contributed by atoms with Gasteiger partial charge < -0.3 is 10.0 Å². The maximum atomic E-state index is 12.6. The third-order valence-electron chi connectivity index (χ3n) is 4.83. The normalized spacial score (nSPS) is 26.1. The Bertz CT molecular complexity index is 484. The Morgan fingerprint density at radius 1 is 1.20 bits per heavy atom. The lowest BCUT2D eigenvalue weighted by Gasteiger charge is -2.44. The van der Waals surface area contributed by atoms with Crippen LogP contribution in [0.15, 0.2) is 24.3 Å². The molecule has 0 unspecified atom stereocenters. The first kappa shape index (κ1) is 13.5. The van der Waals surface area contributed by atoms with Gasteiger partial charge in [0.05, 0.1) is 6.42 Å². The van der Waals surface area contributed by atoms with Crippen LogP contribution in [0.4, 0.5) is 0 Å². The third kappa shape index (κ3) is 2.82. The summed E-state index contributed by atoms with van der Waals surface area (Å²) in [5.74, 6) is 1.20. The van der Waals surface area contributed by atoms with Gasteiger partial charge in [-0.2, -0.15) is 0 Å². The lowest BCUT2D eigenvalue weighted by molar-refractivity contribution is -0.136. The molecule has 2 fully saturated rings. The van der Waals surface area contributed by atoms with E-state index in [4.69, 9.17) is 0 Å². The molecule has 3 rings (SSSR count). The molecule has 2 aliphatic rings. The van der Waals surface area contributed by atoms with Gasteiger partial charge in [0.1, 0.15) is 5.75 Å². The van der Waals surface area contributed by atoms with Crippen LogP contribution in [0.5, 0.6) is 5.75 Å². The van der Waals surface area contributed by atoms with Crippen LogP contribution in [-0.2, 0) is 11.2 Å². The Kier molecular flexibility index (Phi) is 3.95. The van der Waals surface area contributed by atoms with E-state index in [-0.39, 0.29) is 11.7 Å². The van der Waals surface area contributed by atoms with Gasteiger partial charge in [-0.05, 0) is 49.3 Å². The number of phenolic OH excluding ortho intramolecular Hbond substituents is 1. The number of fused-ring (bicyclic) bond motifs is 1. The highest BCUT2D eigenvalue weighted by atomic mass is 16.3. The van der Waals surface area contributed by atoms with E-state index in [0.717, 1.165) is 24.4 Å². The summed E-state index contributed by atoms with van der Waals surface area (Å²) in [4.78, 5) is 14.7. The minimum Gasteiger partial charge on any atom is -0.508 e. The Balaban J connectivity index is 1.69. The second-order valence-corrected chi connectivity index (χ2v) is 6.19. The minimum absolute atomic E-state index is 0.229. The fourth-order valence-corrected chi connectivity index (χ4v) is 3.88. The van der Waals surface area contributed by atoms with Crippen molar-refractivity contribution in [1.82, 2.24) is 4.90 Å². The first-order valence-electron chi connectivity index (χ1n) is 7.81. The van der Waals surface area contributed by atoms with Crippen molar-refractivity contribution in [2.45, 2.75) is 51.0 Å². The van der Waals surface area contributed by atoms with Crippen LogP contribution < -0.4 is 0 Å². The van der Waals surface area contributed by atoms with Crippen molar-refractivity contribution in [2.75, 3.05) is 6.54 Å². The lowest BCUT2D eigenvalue weighted by Crippen LogP contribution is -2.50. The van der Waals surface area contributed by atoms with Crippen LogP contribution in [0.2, 0.25) is 0 Å².